The first-order valence-electron chi connectivity index (χ1n) is 10.3. The van der Waals surface area contributed by atoms with E-state index in [4.69, 9.17) is 4.74 Å². The van der Waals surface area contributed by atoms with Gasteiger partial charge >= 0.3 is 54.0 Å². The first-order chi connectivity index (χ1) is 19.1. The largest absolute Gasteiger partial charge is 0.485 e. The van der Waals surface area contributed by atoms with Crippen molar-refractivity contribution in [3.63, 3.8) is 0 Å². The molecule has 0 aromatic carbocycles. The van der Waals surface area contributed by atoms with E-state index in [1.165, 1.54) is 21.3 Å². The molecule has 0 radical (unpaired) electrons. The van der Waals surface area contributed by atoms with Gasteiger partial charge in [0.2, 0.25) is 0 Å². The molecule has 24 heteroatoms. The number of halogens is 12. The summed E-state index contributed by atoms with van der Waals surface area (Å²) < 4.78 is 161. The molecular weight excluding hydrogens is 618 g/mol. The minimum Gasteiger partial charge on any atom is -0.442 e. The van der Waals surface area contributed by atoms with Crippen LogP contribution in [-0.4, -0.2) is 51.2 Å². The SMILES string of the molecule is COc1nc(OC)[n+](F)c(OC)n1.Cc1nc(C)[n+](F)c(C)n1.F[n+]1c(C(F)(F)F)nc(C(F)(F)F)nc1C(F)(F)F. The summed E-state index contributed by atoms with van der Waals surface area (Å²) in [4.78, 5) is 16.6. The van der Waals surface area contributed by atoms with Gasteiger partial charge in [0.15, 0.2) is 0 Å². The number of methoxy groups -OCH3 is 3. The van der Waals surface area contributed by atoms with Gasteiger partial charge in [-0.1, -0.05) is 19.9 Å². The van der Waals surface area contributed by atoms with E-state index in [0.29, 0.717) is 22.3 Å². The molecule has 234 valence electrons. The highest BCUT2D eigenvalue weighted by Gasteiger charge is 2.55. The lowest BCUT2D eigenvalue weighted by atomic mass is 10.4. The fourth-order valence-corrected chi connectivity index (χ4v) is 2.41. The van der Waals surface area contributed by atoms with Gasteiger partial charge in [-0.25, -0.2) is 0 Å². The second-order valence-electron chi connectivity index (χ2n) is 7.08. The second-order valence-corrected chi connectivity index (χ2v) is 7.08. The van der Waals surface area contributed by atoms with Gasteiger partial charge in [-0.3, -0.25) is 0 Å². The Kier molecular flexibility index (Phi) is 11.4. The molecule has 3 aromatic heterocycles. The number of nitrogens with zero attached hydrogens (tertiary/aromatic N) is 9. The maximum Gasteiger partial charge on any atom is 0.485 e. The zero-order valence-electron chi connectivity index (χ0n) is 21.8. The van der Waals surface area contributed by atoms with E-state index in [0.717, 1.165) is 0 Å². The van der Waals surface area contributed by atoms with E-state index in [9.17, 15) is 53.0 Å². The topological polar surface area (TPSA) is 117 Å². The molecule has 0 saturated heterocycles. The first-order valence-corrected chi connectivity index (χ1v) is 10.3. The summed E-state index contributed by atoms with van der Waals surface area (Å²) in [6.07, 6.45) is -17.4. The monoisotopic (exact) mass is 636 g/mol. The predicted octanol–water partition coefficient (Wildman–Crippen LogP) is 2.50. The van der Waals surface area contributed by atoms with Gasteiger partial charge in [0.05, 0.1) is 21.3 Å². The Morgan fingerprint density at radius 1 is 0.500 bits per heavy atom. The smallest absolute Gasteiger partial charge is 0.442 e. The number of hydrogen-bond acceptors (Lipinski definition) is 9. The van der Waals surface area contributed by atoms with Crippen LogP contribution in [0.15, 0.2) is 0 Å². The summed E-state index contributed by atoms with van der Waals surface area (Å²) in [5.74, 6) is -7.50. The highest BCUT2D eigenvalue weighted by atomic mass is 19.4. The molecule has 42 heavy (non-hydrogen) atoms. The van der Waals surface area contributed by atoms with Crippen LogP contribution in [0, 0.1) is 20.8 Å². The highest BCUT2D eigenvalue weighted by molar-refractivity contribution is 5.00. The van der Waals surface area contributed by atoms with Gasteiger partial charge in [-0.2, -0.15) is 39.5 Å². The third kappa shape index (κ3) is 9.32. The molecule has 3 rings (SSSR count). The zero-order chi connectivity index (χ0) is 32.8. The normalized spacial score (nSPS) is 11.6. The lowest BCUT2D eigenvalue weighted by Gasteiger charge is -2.07. The zero-order valence-corrected chi connectivity index (χ0v) is 21.8. The average Bonchev–Trinajstić information content (AvgIpc) is 2.86. The molecule has 0 N–H and O–H groups in total. The lowest BCUT2D eigenvalue weighted by molar-refractivity contribution is -0.872. The van der Waals surface area contributed by atoms with Crippen LogP contribution in [0.3, 0.4) is 0 Å². The van der Waals surface area contributed by atoms with Crippen molar-refractivity contribution in [1.29, 1.82) is 0 Å². The molecule has 3 heterocycles. The van der Waals surface area contributed by atoms with Crippen LogP contribution >= 0.6 is 0 Å². The summed E-state index contributed by atoms with van der Waals surface area (Å²) in [6.45, 7) is 4.93. The summed E-state index contributed by atoms with van der Waals surface area (Å²) in [5, 5.41) is 0. The Hall–Kier alpha value is -4.41. The van der Waals surface area contributed by atoms with Crippen molar-refractivity contribution < 1.29 is 81.5 Å². The van der Waals surface area contributed by atoms with Gasteiger partial charge in [0.1, 0.15) is 0 Å². The molecule has 0 saturated carbocycles. The van der Waals surface area contributed by atoms with Gasteiger partial charge in [-0.15, -0.1) is 0 Å². The van der Waals surface area contributed by atoms with Crippen LogP contribution in [0.2, 0.25) is 0 Å². The van der Waals surface area contributed by atoms with Gasteiger partial charge in [0, 0.05) is 35.5 Å². The summed E-state index contributed by atoms with van der Waals surface area (Å²) >= 11 is 0. The van der Waals surface area contributed by atoms with Crippen molar-refractivity contribution in [2.75, 3.05) is 21.3 Å². The Balaban J connectivity index is 0.000000333. The minimum absolute atomic E-state index is 0.0254. The number of hydrogen-bond donors (Lipinski definition) is 0. The third-order valence-electron chi connectivity index (χ3n) is 4.04. The lowest BCUT2D eigenvalue weighted by Crippen LogP contribution is -2.45. The van der Waals surface area contributed by atoms with Crippen LogP contribution in [0.25, 0.3) is 0 Å². The Bertz CT molecular complexity index is 1300. The fraction of sp³-hybridized carbons (Fsp3) is 0.500. The van der Waals surface area contributed by atoms with Crippen molar-refractivity contribution in [3.05, 3.63) is 34.9 Å². The van der Waals surface area contributed by atoms with Crippen LogP contribution in [0.4, 0.5) is 53.0 Å². The highest BCUT2D eigenvalue weighted by Crippen LogP contribution is 2.33. The van der Waals surface area contributed by atoms with E-state index in [-0.39, 0.29) is 22.8 Å². The number of ether oxygens (including phenoxy) is 3. The van der Waals surface area contributed by atoms with E-state index in [1.54, 1.807) is 30.7 Å². The molecule has 0 aliphatic heterocycles. The Labute approximate surface area is 226 Å². The summed E-state index contributed by atoms with van der Waals surface area (Å²) in [7, 11) is 3.91. The van der Waals surface area contributed by atoms with Gasteiger partial charge in [0.25, 0.3) is 17.5 Å². The molecule has 0 amide bonds. The van der Waals surface area contributed by atoms with Crippen molar-refractivity contribution >= 4 is 0 Å². The Morgan fingerprint density at radius 2 is 0.881 bits per heavy atom. The third-order valence-corrected chi connectivity index (χ3v) is 4.04. The van der Waals surface area contributed by atoms with Gasteiger partial charge < -0.3 is 14.2 Å². The van der Waals surface area contributed by atoms with Gasteiger partial charge in [-0.05, 0) is 23.0 Å². The van der Waals surface area contributed by atoms with E-state index in [2.05, 4.69) is 29.4 Å². The predicted molar refractivity (Wildman–Crippen MR) is 105 cm³/mol. The van der Waals surface area contributed by atoms with Crippen LogP contribution in [0.5, 0.6) is 18.0 Å². The number of aromatic nitrogens is 9. The second kappa shape index (κ2) is 13.5. The van der Waals surface area contributed by atoms with Crippen molar-refractivity contribution in [2.45, 2.75) is 39.3 Å². The molecule has 0 fully saturated rings. The molecule has 0 spiro atoms. The maximum atomic E-state index is 13.1. The van der Waals surface area contributed by atoms with Crippen LogP contribution in [0.1, 0.15) is 34.9 Å². The molecule has 3 aromatic rings. The van der Waals surface area contributed by atoms with Crippen molar-refractivity contribution in [3.8, 4) is 18.0 Å². The molecule has 0 aliphatic rings. The fourth-order valence-electron chi connectivity index (χ4n) is 2.41. The van der Waals surface area contributed by atoms with Crippen LogP contribution < -0.4 is 28.6 Å². The van der Waals surface area contributed by atoms with E-state index < -0.39 is 40.8 Å². The average molecular weight is 636 g/mol. The number of alkyl halides is 9. The van der Waals surface area contributed by atoms with Crippen LogP contribution in [-0.2, 0) is 18.5 Å². The molecule has 0 bridgehead atoms. The molecule has 0 aliphatic carbocycles. The molecule has 0 unspecified atom stereocenters. The summed E-state index contributed by atoms with van der Waals surface area (Å²) in [6, 6.07) is -0.602. The summed E-state index contributed by atoms with van der Waals surface area (Å²) in [5.41, 5.74) is 0. The van der Waals surface area contributed by atoms with E-state index in [1.807, 2.05) is 0 Å². The number of rotatable bonds is 3. The standard InChI is InChI=1S/C6F10N3.C6H9FN3O3.C6H9FN3/c7-4(8,9)1-17-2(5(10,11)12)19(16)3(18-1)6(13,14)15;1-11-4-8-5(12-2)10(7)6(9-4)13-3;1-4-8-5(2)10(7)6(3)9-4/h;1-3H3;1-3H3/q3*+1. The van der Waals surface area contributed by atoms with Crippen molar-refractivity contribution in [1.82, 2.24) is 29.9 Å². The quantitative estimate of drug-likeness (QED) is 0.400. The Morgan fingerprint density at radius 3 is 1.17 bits per heavy atom. The molecule has 0 atom stereocenters. The maximum absolute atomic E-state index is 13.1. The van der Waals surface area contributed by atoms with Crippen molar-refractivity contribution in [2.24, 2.45) is 0 Å². The molecule has 12 nitrogen and oxygen atoms in total. The number of aryl methyl sites for hydroxylation is 3. The first kappa shape index (κ1) is 35.6. The van der Waals surface area contributed by atoms with E-state index >= 15 is 0 Å². The minimum atomic E-state index is -5.86. The molecular formula is C18H18F12N9O3+3.